The minimum atomic E-state index is 0.389. The van der Waals surface area contributed by atoms with Crippen LogP contribution in [0.1, 0.15) is 22.9 Å². The molecule has 23 heavy (non-hydrogen) atoms. The molecule has 2 heterocycles. The monoisotopic (exact) mass is 304 g/mol. The lowest BCUT2D eigenvalue weighted by Gasteiger charge is -2.08. The lowest BCUT2D eigenvalue weighted by molar-refractivity contribution is 0.656. The first-order valence-corrected chi connectivity index (χ1v) is 7.25. The molecule has 0 spiro atoms. The molecule has 0 saturated carbocycles. The van der Waals surface area contributed by atoms with E-state index in [-0.39, 0.29) is 0 Å². The zero-order valence-corrected chi connectivity index (χ0v) is 13.0. The van der Waals surface area contributed by atoms with Gasteiger partial charge in [-0.25, -0.2) is 14.6 Å². The van der Waals surface area contributed by atoms with Crippen molar-refractivity contribution in [3.8, 4) is 6.07 Å². The Morgan fingerprint density at radius 2 is 1.96 bits per heavy atom. The lowest BCUT2D eigenvalue weighted by atomic mass is 10.2. The Labute approximate surface area is 134 Å². The highest BCUT2D eigenvalue weighted by atomic mass is 15.3. The highest BCUT2D eigenvalue weighted by molar-refractivity contribution is 5.57. The van der Waals surface area contributed by atoms with Gasteiger partial charge in [0.25, 0.3) is 0 Å². The van der Waals surface area contributed by atoms with Crippen LogP contribution in [0, 0.1) is 25.2 Å². The highest BCUT2D eigenvalue weighted by Crippen LogP contribution is 2.17. The molecule has 0 saturated heterocycles. The van der Waals surface area contributed by atoms with Gasteiger partial charge in [0.15, 0.2) is 0 Å². The molecular weight excluding hydrogens is 288 g/mol. The third-order valence-electron chi connectivity index (χ3n) is 3.36. The second-order valence-electron chi connectivity index (χ2n) is 5.21. The molecule has 114 valence electrons. The SMILES string of the molecule is Cc1nc(C)n(Cc2cccc(Nc3cccc(C#N)n3)c2)n1. The normalized spacial score (nSPS) is 10.3. The first kappa shape index (κ1) is 14.7. The van der Waals surface area contributed by atoms with E-state index in [2.05, 4.69) is 20.4 Å². The fourth-order valence-electron chi connectivity index (χ4n) is 2.35. The number of anilines is 2. The number of hydrogen-bond acceptors (Lipinski definition) is 5. The molecule has 0 amide bonds. The largest absolute Gasteiger partial charge is 0.340 e. The van der Waals surface area contributed by atoms with Crippen molar-refractivity contribution in [1.29, 1.82) is 5.26 Å². The summed E-state index contributed by atoms with van der Waals surface area (Å²) in [6.07, 6.45) is 0. The average molecular weight is 304 g/mol. The van der Waals surface area contributed by atoms with Crippen molar-refractivity contribution < 1.29 is 0 Å². The van der Waals surface area contributed by atoms with Crippen LogP contribution in [0.5, 0.6) is 0 Å². The molecule has 3 aromatic rings. The summed E-state index contributed by atoms with van der Waals surface area (Å²) >= 11 is 0. The number of benzene rings is 1. The van der Waals surface area contributed by atoms with Crippen LogP contribution in [-0.4, -0.2) is 19.7 Å². The van der Waals surface area contributed by atoms with Gasteiger partial charge in [-0.3, -0.25) is 0 Å². The van der Waals surface area contributed by atoms with Gasteiger partial charge < -0.3 is 5.32 Å². The van der Waals surface area contributed by atoms with Crippen LogP contribution in [-0.2, 0) is 6.54 Å². The maximum atomic E-state index is 8.91. The van der Waals surface area contributed by atoms with E-state index >= 15 is 0 Å². The van der Waals surface area contributed by atoms with Gasteiger partial charge in [-0.1, -0.05) is 18.2 Å². The van der Waals surface area contributed by atoms with Crippen molar-refractivity contribution in [1.82, 2.24) is 19.7 Å². The van der Waals surface area contributed by atoms with Crippen molar-refractivity contribution >= 4 is 11.5 Å². The van der Waals surface area contributed by atoms with Gasteiger partial charge >= 0.3 is 0 Å². The Balaban J connectivity index is 1.79. The van der Waals surface area contributed by atoms with E-state index in [1.165, 1.54) is 0 Å². The predicted octanol–water partition coefficient (Wildman–Crippen LogP) is 2.95. The molecule has 0 bridgehead atoms. The molecule has 1 aromatic carbocycles. The molecule has 0 atom stereocenters. The molecule has 0 unspecified atom stereocenters. The van der Waals surface area contributed by atoms with E-state index in [9.17, 15) is 0 Å². The Bertz CT molecular complexity index is 875. The minimum absolute atomic E-state index is 0.389. The van der Waals surface area contributed by atoms with Gasteiger partial charge in [-0.15, -0.1) is 0 Å². The van der Waals surface area contributed by atoms with E-state index in [0.29, 0.717) is 18.1 Å². The third kappa shape index (κ3) is 3.52. The molecule has 0 radical (unpaired) electrons. The summed E-state index contributed by atoms with van der Waals surface area (Å²) in [6, 6.07) is 15.4. The molecule has 6 nitrogen and oxygen atoms in total. The smallest absolute Gasteiger partial charge is 0.147 e. The van der Waals surface area contributed by atoms with Gasteiger partial charge in [-0.05, 0) is 43.7 Å². The quantitative estimate of drug-likeness (QED) is 0.801. The van der Waals surface area contributed by atoms with Crippen molar-refractivity contribution in [3.63, 3.8) is 0 Å². The van der Waals surface area contributed by atoms with Gasteiger partial charge in [0, 0.05) is 5.69 Å². The minimum Gasteiger partial charge on any atom is -0.340 e. The second kappa shape index (κ2) is 6.28. The molecule has 3 rings (SSSR count). The fourth-order valence-corrected chi connectivity index (χ4v) is 2.35. The molecule has 1 N–H and O–H groups in total. The number of nitriles is 1. The van der Waals surface area contributed by atoms with Crippen LogP contribution in [0.3, 0.4) is 0 Å². The first-order valence-electron chi connectivity index (χ1n) is 7.25. The van der Waals surface area contributed by atoms with Crippen molar-refractivity contribution in [2.24, 2.45) is 0 Å². The van der Waals surface area contributed by atoms with Crippen LogP contribution in [0.4, 0.5) is 11.5 Å². The number of nitrogens with one attached hydrogen (secondary N) is 1. The van der Waals surface area contributed by atoms with Crippen molar-refractivity contribution in [3.05, 3.63) is 65.4 Å². The van der Waals surface area contributed by atoms with E-state index in [4.69, 9.17) is 5.26 Å². The van der Waals surface area contributed by atoms with Crippen molar-refractivity contribution in [2.75, 3.05) is 5.32 Å². The highest BCUT2D eigenvalue weighted by Gasteiger charge is 2.04. The molecule has 6 heteroatoms. The van der Waals surface area contributed by atoms with E-state index in [1.54, 1.807) is 12.1 Å². The zero-order valence-electron chi connectivity index (χ0n) is 13.0. The van der Waals surface area contributed by atoms with Gasteiger partial charge in [0.1, 0.15) is 29.2 Å². The molecule has 0 aliphatic heterocycles. The summed E-state index contributed by atoms with van der Waals surface area (Å²) in [5, 5.41) is 16.5. The van der Waals surface area contributed by atoms with Gasteiger partial charge in [-0.2, -0.15) is 10.4 Å². The predicted molar refractivity (Wildman–Crippen MR) is 87.3 cm³/mol. The molecule has 0 aliphatic carbocycles. The van der Waals surface area contributed by atoms with Gasteiger partial charge in [0.05, 0.1) is 6.54 Å². The number of hydrogen-bond donors (Lipinski definition) is 1. The maximum Gasteiger partial charge on any atom is 0.147 e. The van der Waals surface area contributed by atoms with Crippen LogP contribution < -0.4 is 5.32 Å². The van der Waals surface area contributed by atoms with E-state index < -0.39 is 0 Å². The Morgan fingerprint density at radius 3 is 2.70 bits per heavy atom. The summed E-state index contributed by atoms with van der Waals surface area (Å²) in [4.78, 5) is 8.53. The summed E-state index contributed by atoms with van der Waals surface area (Å²) in [5.41, 5.74) is 2.42. The number of aromatic nitrogens is 4. The van der Waals surface area contributed by atoms with Crippen LogP contribution in [0.25, 0.3) is 0 Å². The van der Waals surface area contributed by atoms with Crippen LogP contribution >= 0.6 is 0 Å². The summed E-state index contributed by atoms with van der Waals surface area (Å²) in [7, 11) is 0. The second-order valence-corrected chi connectivity index (χ2v) is 5.21. The Kier molecular flexibility index (Phi) is 4.02. The number of pyridine rings is 1. The number of nitrogens with zero attached hydrogens (tertiary/aromatic N) is 5. The fraction of sp³-hybridized carbons (Fsp3) is 0.176. The zero-order chi connectivity index (χ0) is 16.2. The summed E-state index contributed by atoms with van der Waals surface area (Å²) < 4.78 is 1.88. The van der Waals surface area contributed by atoms with Crippen LogP contribution in [0.15, 0.2) is 42.5 Å². The average Bonchev–Trinajstić information content (AvgIpc) is 2.85. The maximum absolute atomic E-state index is 8.91. The lowest BCUT2D eigenvalue weighted by Crippen LogP contribution is -2.04. The van der Waals surface area contributed by atoms with Crippen LogP contribution in [0.2, 0.25) is 0 Å². The number of aryl methyl sites for hydroxylation is 2. The molecule has 0 fully saturated rings. The Hall–Kier alpha value is -3.20. The summed E-state index contributed by atoms with van der Waals surface area (Å²) in [5.74, 6) is 2.31. The summed E-state index contributed by atoms with van der Waals surface area (Å²) in [6.45, 7) is 4.49. The topological polar surface area (TPSA) is 79.4 Å². The number of rotatable bonds is 4. The van der Waals surface area contributed by atoms with E-state index in [1.807, 2.05) is 54.9 Å². The Morgan fingerprint density at radius 1 is 1.13 bits per heavy atom. The molecular formula is C17H16N6. The van der Waals surface area contributed by atoms with Gasteiger partial charge in [0.2, 0.25) is 0 Å². The molecule has 2 aromatic heterocycles. The first-order chi connectivity index (χ1) is 11.1. The third-order valence-corrected chi connectivity index (χ3v) is 3.36. The molecule has 0 aliphatic rings. The van der Waals surface area contributed by atoms with Crippen molar-refractivity contribution in [2.45, 2.75) is 20.4 Å². The van der Waals surface area contributed by atoms with E-state index in [0.717, 1.165) is 22.9 Å². The standard InChI is InChI=1S/C17H16N6/c1-12-19-13(2)23(22-12)11-14-5-3-6-15(9-14)20-17-8-4-7-16(10-18)21-17/h3-9H,11H2,1-2H3,(H,20,21).